The van der Waals surface area contributed by atoms with Crippen LogP contribution in [0.25, 0.3) is 0 Å². The number of carbonyl (C=O) groups excluding carboxylic acids is 1. The van der Waals surface area contributed by atoms with E-state index in [0.29, 0.717) is 6.04 Å². The van der Waals surface area contributed by atoms with Gasteiger partial charge in [0.25, 0.3) is 0 Å². The highest BCUT2D eigenvalue weighted by Crippen LogP contribution is 2.11. The maximum absolute atomic E-state index is 11.2. The van der Waals surface area contributed by atoms with Crippen molar-refractivity contribution in [2.24, 2.45) is 4.99 Å². The fourth-order valence-electron chi connectivity index (χ4n) is 2.08. The minimum absolute atomic E-state index is 0.187. The number of piperazine rings is 1. The second-order valence-corrected chi connectivity index (χ2v) is 4.03. The van der Waals surface area contributed by atoms with Gasteiger partial charge in [-0.25, -0.2) is 0 Å². The quantitative estimate of drug-likeness (QED) is 0.628. The predicted octanol–water partition coefficient (Wildman–Crippen LogP) is 0.507. The SMILES string of the molecule is CC(=O)N1CCN(C2C=NC=CC2)CC1. The van der Waals surface area contributed by atoms with E-state index in [0.717, 1.165) is 32.6 Å². The summed E-state index contributed by atoms with van der Waals surface area (Å²) in [7, 11) is 0. The van der Waals surface area contributed by atoms with Crippen molar-refractivity contribution in [3.8, 4) is 0 Å². The molecule has 0 aliphatic carbocycles. The van der Waals surface area contributed by atoms with Crippen LogP contribution >= 0.6 is 0 Å². The van der Waals surface area contributed by atoms with Gasteiger partial charge < -0.3 is 4.90 Å². The second kappa shape index (κ2) is 4.57. The van der Waals surface area contributed by atoms with E-state index in [1.54, 1.807) is 6.92 Å². The normalized spacial score (nSPS) is 27.0. The monoisotopic (exact) mass is 207 g/mol. The molecule has 0 bridgehead atoms. The van der Waals surface area contributed by atoms with Crippen LogP contribution in [-0.2, 0) is 4.79 Å². The van der Waals surface area contributed by atoms with Gasteiger partial charge in [-0.05, 0) is 6.42 Å². The first-order chi connectivity index (χ1) is 7.27. The number of hydrogen-bond acceptors (Lipinski definition) is 3. The van der Waals surface area contributed by atoms with Crippen LogP contribution in [0.2, 0.25) is 0 Å². The summed E-state index contributed by atoms with van der Waals surface area (Å²) in [6.45, 7) is 5.27. The molecule has 0 radical (unpaired) electrons. The Hall–Kier alpha value is -1.16. The summed E-state index contributed by atoms with van der Waals surface area (Å²) >= 11 is 0. The summed E-state index contributed by atoms with van der Waals surface area (Å²) < 4.78 is 0. The predicted molar refractivity (Wildman–Crippen MR) is 59.9 cm³/mol. The van der Waals surface area contributed by atoms with Crippen molar-refractivity contribution < 1.29 is 4.79 Å². The number of nitrogens with zero attached hydrogens (tertiary/aromatic N) is 3. The summed E-state index contributed by atoms with van der Waals surface area (Å²) in [5.41, 5.74) is 0. The van der Waals surface area contributed by atoms with Crippen LogP contribution in [0.3, 0.4) is 0 Å². The maximum atomic E-state index is 11.2. The molecular weight excluding hydrogens is 190 g/mol. The van der Waals surface area contributed by atoms with Crippen LogP contribution in [0.4, 0.5) is 0 Å². The van der Waals surface area contributed by atoms with Crippen molar-refractivity contribution in [2.75, 3.05) is 26.2 Å². The lowest BCUT2D eigenvalue weighted by Gasteiger charge is -2.37. The molecule has 0 N–H and O–H groups in total. The Kier molecular flexibility index (Phi) is 3.16. The standard InChI is InChI=1S/C11H17N3O/c1-10(15)13-5-7-14(8-6-13)11-3-2-4-12-9-11/h2,4,9,11H,3,5-8H2,1H3. The molecule has 1 unspecified atom stereocenters. The summed E-state index contributed by atoms with van der Waals surface area (Å²) in [5.74, 6) is 0.187. The van der Waals surface area contributed by atoms with Crippen molar-refractivity contribution in [3.63, 3.8) is 0 Å². The van der Waals surface area contributed by atoms with E-state index >= 15 is 0 Å². The van der Waals surface area contributed by atoms with Crippen LogP contribution in [0.1, 0.15) is 13.3 Å². The summed E-state index contributed by atoms with van der Waals surface area (Å²) in [5, 5.41) is 0. The first-order valence-corrected chi connectivity index (χ1v) is 5.45. The molecule has 4 heteroatoms. The van der Waals surface area contributed by atoms with E-state index in [4.69, 9.17) is 0 Å². The van der Waals surface area contributed by atoms with Gasteiger partial charge >= 0.3 is 0 Å². The van der Waals surface area contributed by atoms with Gasteiger partial charge in [0, 0.05) is 51.6 Å². The molecule has 2 aliphatic heterocycles. The van der Waals surface area contributed by atoms with Crippen molar-refractivity contribution in [1.29, 1.82) is 0 Å². The minimum Gasteiger partial charge on any atom is -0.340 e. The van der Waals surface area contributed by atoms with Gasteiger partial charge in [0.2, 0.25) is 5.91 Å². The average molecular weight is 207 g/mol. The van der Waals surface area contributed by atoms with Crippen molar-refractivity contribution in [3.05, 3.63) is 12.3 Å². The van der Waals surface area contributed by atoms with Crippen LogP contribution in [0, 0.1) is 0 Å². The van der Waals surface area contributed by atoms with Gasteiger partial charge in [0.1, 0.15) is 0 Å². The van der Waals surface area contributed by atoms with Gasteiger partial charge in [-0.1, -0.05) is 6.08 Å². The molecule has 2 heterocycles. The fraction of sp³-hybridized carbons (Fsp3) is 0.636. The Bertz CT molecular complexity index is 290. The number of aliphatic imine (C=N–C) groups is 1. The number of carbonyl (C=O) groups is 1. The van der Waals surface area contributed by atoms with E-state index < -0.39 is 0 Å². The smallest absolute Gasteiger partial charge is 0.219 e. The fourth-order valence-corrected chi connectivity index (χ4v) is 2.08. The molecule has 0 saturated carbocycles. The van der Waals surface area contributed by atoms with Crippen molar-refractivity contribution >= 4 is 12.1 Å². The number of rotatable bonds is 1. The first kappa shape index (κ1) is 10.4. The third-order valence-corrected chi connectivity index (χ3v) is 3.06. The molecule has 1 amide bonds. The second-order valence-electron chi connectivity index (χ2n) is 4.03. The maximum Gasteiger partial charge on any atom is 0.219 e. The summed E-state index contributed by atoms with van der Waals surface area (Å²) in [4.78, 5) is 19.6. The van der Waals surface area contributed by atoms with E-state index in [1.165, 1.54) is 0 Å². The Morgan fingerprint density at radius 1 is 1.33 bits per heavy atom. The largest absolute Gasteiger partial charge is 0.340 e. The zero-order valence-electron chi connectivity index (χ0n) is 9.09. The molecule has 1 fully saturated rings. The van der Waals surface area contributed by atoms with Crippen LogP contribution < -0.4 is 0 Å². The number of amides is 1. The lowest BCUT2D eigenvalue weighted by Crippen LogP contribution is -2.52. The van der Waals surface area contributed by atoms with E-state index in [-0.39, 0.29) is 5.91 Å². The molecule has 15 heavy (non-hydrogen) atoms. The number of hydrogen-bond donors (Lipinski definition) is 0. The molecule has 0 aromatic heterocycles. The third kappa shape index (κ3) is 2.45. The molecule has 0 aromatic rings. The van der Waals surface area contributed by atoms with Crippen LogP contribution in [0.5, 0.6) is 0 Å². The highest BCUT2D eigenvalue weighted by atomic mass is 16.2. The summed E-state index contributed by atoms with van der Waals surface area (Å²) in [6, 6.07) is 0.434. The van der Waals surface area contributed by atoms with E-state index in [2.05, 4.69) is 16.0 Å². The molecule has 2 aliphatic rings. The molecule has 0 spiro atoms. The molecule has 1 atom stereocenters. The van der Waals surface area contributed by atoms with E-state index in [1.807, 2.05) is 17.3 Å². The van der Waals surface area contributed by atoms with Crippen molar-refractivity contribution in [2.45, 2.75) is 19.4 Å². The van der Waals surface area contributed by atoms with Crippen molar-refractivity contribution in [1.82, 2.24) is 9.80 Å². The summed E-state index contributed by atoms with van der Waals surface area (Å²) in [6.07, 6.45) is 7.00. The molecule has 82 valence electrons. The van der Waals surface area contributed by atoms with Gasteiger partial charge in [-0.3, -0.25) is 14.7 Å². The zero-order valence-corrected chi connectivity index (χ0v) is 9.09. The molecule has 1 saturated heterocycles. The Morgan fingerprint density at radius 2 is 2.07 bits per heavy atom. The minimum atomic E-state index is 0.187. The molecule has 0 aromatic carbocycles. The van der Waals surface area contributed by atoms with Gasteiger partial charge in [0.05, 0.1) is 0 Å². The zero-order chi connectivity index (χ0) is 10.7. The lowest BCUT2D eigenvalue weighted by molar-refractivity contribution is -0.130. The van der Waals surface area contributed by atoms with Crippen LogP contribution in [-0.4, -0.2) is 54.1 Å². The topological polar surface area (TPSA) is 35.9 Å². The Balaban J connectivity index is 1.85. The van der Waals surface area contributed by atoms with Gasteiger partial charge in [-0.15, -0.1) is 0 Å². The Morgan fingerprint density at radius 3 is 2.60 bits per heavy atom. The lowest BCUT2D eigenvalue weighted by atomic mass is 10.1. The van der Waals surface area contributed by atoms with Gasteiger partial charge in [-0.2, -0.15) is 0 Å². The molecular formula is C11H17N3O. The highest BCUT2D eigenvalue weighted by Gasteiger charge is 2.23. The first-order valence-electron chi connectivity index (χ1n) is 5.45. The third-order valence-electron chi connectivity index (χ3n) is 3.06. The van der Waals surface area contributed by atoms with Gasteiger partial charge in [0.15, 0.2) is 0 Å². The average Bonchev–Trinajstić information content (AvgIpc) is 2.30. The Labute approximate surface area is 90.3 Å². The molecule has 2 rings (SSSR count). The highest BCUT2D eigenvalue weighted by molar-refractivity contribution is 5.73. The van der Waals surface area contributed by atoms with Crippen LogP contribution in [0.15, 0.2) is 17.3 Å². The molecule has 4 nitrogen and oxygen atoms in total. The van der Waals surface area contributed by atoms with E-state index in [9.17, 15) is 4.79 Å².